The van der Waals surface area contributed by atoms with E-state index in [2.05, 4.69) is 46.8 Å². The molecule has 1 aliphatic heterocycles. The zero-order valence-corrected chi connectivity index (χ0v) is 17.7. The summed E-state index contributed by atoms with van der Waals surface area (Å²) in [6.07, 6.45) is 13.9. The van der Waals surface area contributed by atoms with Gasteiger partial charge in [-0.05, 0) is 70.4 Å². The second-order valence-electron chi connectivity index (χ2n) is 8.57. The van der Waals surface area contributed by atoms with E-state index in [1.807, 2.05) is 13.8 Å². The Morgan fingerprint density at radius 3 is 2.60 bits per heavy atom. The van der Waals surface area contributed by atoms with Crippen LogP contribution in [0, 0.1) is 17.8 Å². The topological polar surface area (TPSA) is 9.23 Å². The van der Waals surface area contributed by atoms with Crippen molar-refractivity contribution in [1.82, 2.24) is 0 Å². The van der Waals surface area contributed by atoms with Crippen LogP contribution in [0.4, 0.5) is 0 Å². The van der Waals surface area contributed by atoms with E-state index < -0.39 is 0 Å². The second-order valence-corrected chi connectivity index (χ2v) is 8.57. The van der Waals surface area contributed by atoms with Crippen molar-refractivity contribution in [2.45, 2.75) is 99.0 Å². The molecule has 0 amide bonds. The molecule has 0 aromatic carbocycles. The molecular weight excluding hydrogens is 304 g/mol. The van der Waals surface area contributed by atoms with Crippen LogP contribution in [0.1, 0.15) is 93.4 Å². The van der Waals surface area contributed by atoms with E-state index in [0.717, 1.165) is 0 Å². The highest BCUT2D eigenvalue weighted by Crippen LogP contribution is 2.51. The number of hydrogen-bond acceptors (Lipinski definition) is 1. The van der Waals surface area contributed by atoms with Gasteiger partial charge in [0.2, 0.25) is 0 Å². The number of ether oxygens (including phenoxy) is 1. The second kappa shape index (κ2) is 8.60. The van der Waals surface area contributed by atoms with E-state index in [4.69, 9.17) is 4.74 Å². The van der Waals surface area contributed by atoms with Gasteiger partial charge in [-0.1, -0.05) is 57.8 Å². The molecule has 3 aliphatic rings. The molecular formula is C24H40O. The Kier molecular flexibility index (Phi) is 7.00. The van der Waals surface area contributed by atoms with Gasteiger partial charge >= 0.3 is 0 Å². The Balaban J connectivity index is 0.00000109. The van der Waals surface area contributed by atoms with Crippen molar-refractivity contribution < 1.29 is 4.74 Å². The Morgan fingerprint density at radius 1 is 1.20 bits per heavy atom. The molecule has 3 atom stereocenters. The van der Waals surface area contributed by atoms with Gasteiger partial charge in [-0.2, -0.15) is 0 Å². The van der Waals surface area contributed by atoms with Crippen molar-refractivity contribution in [1.29, 1.82) is 0 Å². The first-order chi connectivity index (χ1) is 11.9. The van der Waals surface area contributed by atoms with Crippen molar-refractivity contribution in [2.75, 3.05) is 0 Å². The molecule has 3 rings (SSSR count). The van der Waals surface area contributed by atoms with Gasteiger partial charge in [0.1, 0.15) is 11.4 Å². The summed E-state index contributed by atoms with van der Waals surface area (Å²) in [5.41, 5.74) is 4.73. The summed E-state index contributed by atoms with van der Waals surface area (Å²) in [4.78, 5) is 0. The van der Waals surface area contributed by atoms with Crippen molar-refractivity contribution in [2.24, 2.45) is 17.8 Å². The van der Waals surface area contributed by atoms with Crippen molar-refractivity contribution in [3.63, 3.8) is 0 Å². The monoisotopic (exact) mass is 344 g/mol. The molecule has 0 radical (unpaired) electrons. The first-order valence-electron chi connectivity index (χ1n) is 10.7. The van der Waals surface area contributed by atoms with E-state index in [-0.39, 0.29) is 5.60 Å². The summed E-state index contributed by atoms with van der Waals surface area (Å²) in [6.45, 7) is 15.6. The third kappa shape index (κ3) is 4.41. The van der Waals surface area contributed by atoms with Gasteiger partial charge in [-0.3, -0.25) is 0 Å². The van der Waals surface area contributed by atoms with Gasteiger partial charge in [0.05, 0.1) is 0 Å². The molecule has 2 aliphatic carbocycles. The average Bonchev–Trinajstić information content (AvgIpc) is 2.55. The normalized spacial score (nSPS) is 30.1. The zero-order chi connectivity index (χ0) is 18.6. The Labute approximate surface area is 156 Å². The summed E-state index contributed by atoms with van der Waals surface area (Å²) in [5, 5.41) is 0. The standard InChI is InChI=1S/C22H34O.C2H6/c1-6-7-8-9-17-13-16(3)21-18-12-15(2)10-11-19(18)22(4,5)23-20(21)14-17;1-2/h12,14,16,18-19H,6-11,13H2,1-5H3;1-2H3. The number of hydrogen-bond donors (Lipinski definition) is 0. The van der Waals surface area contributed by atoms with Crippen LogP contribution in [0.5, 0.6) is 0 Å². The fourth-order valence-corrected chi connectivity index (χ4v) is 4.95. The van der Waals surface area contributed by atoms with Gasteiger partial charge in [-0.15, -0.1) is 0 Å². The maximum absolute atomic E-state index is 6.56. The summed E-state index contributed by atoms with van der Waals surface area (Å²) < 4.78 is 6.56. The highest BCUT2D eigenvalue weighted by molar-refractivity contribution is 5.39. The highest BCUT2D eigenvalue weighted by atomic mass is 16.5. The van der Waals surface area contributed by atoms with E-state index in [0.29, 0.717) is 17.8 Å². The predicted octanol–water partition coefficient (Wildman–Crippen LogP) is 7.59. The molecule has 0 fully saturated rings. The Morgan fingerprint density at radius 2 is 1.92 bits per heavy atom. The number of rotatable bonds is 4. The number of allylic oxidation sites excluding steroid dienone is 5. The minimum Gasteiger partial charge on any atom is -0.488 e. The number of unbranched alkanes of at least 4 members (excludes halogenated alkanes) is 2. The molecule has 0 spiro atoms. The minimum atomic E-state index is -0.0389. The van der Waals surface area contributed by atoms with Gasteiger partial charge < -0.3 is 4.74 Å². The van der Waals surface area contributed by atoms with Crippen LogP contribution in [-0.2, 0) is 4.74 Å². The molecule has 142 valence electrons. The Bertz CT molecular complexity index is 546. The molecule has 25 heavy (non-hydrogen) atoms. The van der Waals surface area contributed by atoms with Crippen LogP contribution in [0.2, 0.25) is 0 Å². The summed E-state index contributed by atoms with van der Waals surface area (Å²) >= 11 is 0. The van der Waals surface area contributed by atoms with Crippen LogP contribution in [0.25, 0.3) is 0 Å². The van der Waals surface area contributed by atoms with Crippen molar-refractivity contribution in [3.05, 3.63) is 34.6 Å². The lowest BCUT2D eigenvalue weighted by Gasteiger charge is -2.49. The third-order valence-corrected chi connectivity index (χ3v) is 6.19. The molecule has 0 bridgehead atoms. The average molecular weight is 345 g/mol. The lowest BCUT2D eigenvalue weighted by atomic mass is 9.64. The Hall–Kier alpha value is -0.980. The van der Waals surface area contributed by atoms with Gasteiger partial charge in [-0.25, -0.2) is 0 Å². The fraction of sp³-hybridized carbons (Fsp3) is 0.750. The first-order valence-corrected chi connectivity index (χ1v) is 10.7. The zero-order valence-electron chi connectivity index (χ0n) is 17.7. The summed E-state index contributed by atoms with van der Waals surface area (Å²) in [7, 11) is 0. The molecule has 3 unspecified atom stereocenters. The van der Waals surface area contributed by atoms with E-state index in [1.54, 1.807) is 16.7 Å². The fourth-order valence-electron chi connectivity index (χ4n) is 4.95. The lowest BCUT2D eigenvalue weighted by molar-refractivity contribution is -0.0512. The van der Waals surface area contributed by atoms with Gasteiger partial charge in [0.15, 0.2) is 0 Å². The van der Waals surface area contributed by atoms with Crippen LogP contribution in [0.3, 0.4) is 0 Å². The molecule has 1 heterocycles. The predicted molar refractivity (Wildman–Crippen MR) is 110 cm³/mol. The smallest absolute Gasteiger partial charge is 0.120 e. The van der Waals surface area contributed by atoms with Gasteiger partial charge in [0.25, 0.3) is 0 Å². The van der Waals surface area contributed by atoms with Crippen molar-refractivity contribution in [3.8, 4) is 0 Å². The molecule has 0 saturated heterocycles. The van der Waals surface area contributed by atoms with Crippen LogP contribution < -0.4 is 0 Å². The summed E-state index contributed by atoms with van der Waals surface area (Å²) in [6, 6.07) is 0. The first kappa shape index (κ1) is 20.3. The molecule has 1 nitrogen and oxygen atoms in total. The van der Waals surface area contributed by atoms with Crippen molar-refractivity contribution >= 4 is 0 Å². The van der Waals surface area contributed by atoms with Crippen LogP contribution in [0.15, 0.2) is 34.6 Å². The maximum Gasteiger partial charge on any atom is 0.120 e. The molecule has 0 saturated carbocycles. The van der Waals surface area contributed by atoms with E-state index in [9.17, 15) is 0 Å². The highest BCUT2D eigenvalue weighted by Gasteiger charge is 2.46. The van der Waals surface area contributed by atoms with E-state index in [1.165, 1.54) is 50.7 Å². The molecule has 0 aromatic rings. The van der Waals surface area contributed by atoms with Gasteiger partial charge in [0, 0.05) is 11.8 Å². The quantitative estimate of drug-likeness (QED) is 0.377. The largest absolute Gasteiger partial charge is 0.488 e. The third-order valence-electron chi connectivity index (χ3n) is 6.19. The van der Waals surface area contributed by atoms with E-state index >= 15 is 0 Å². The summed E-state index contributed by atoms with van der Waals surface area (Å²) in [5.74, 6) is 3.10. The van der Waals surface area contributed by atoms with Crippen LogP contribution in [-0.4, -0.2) is 5.60 Å². The lowest BCUT2D eigenvalue weighted by Crippen LogP contribution is -2.45. The number of fused-ring (bicyclic) bond motifs is 2. The molecule has 0 N–H and O–H groups in total. The maximum atomic E-state index is 6.56. The molecule has 0 aromatic heterocycles. The SMILES string of the molecule is CC.CCCCCC1=CC2=C(C(C)C1)C1C=C(C)CCC1C(C)(C)O2. The minimum absolute atomic E-state index is 0.0389. The van der Waals surface area contributed by atoms with Crippen LogP contribution >= 0.6 is 0 Å². The molecule has 1 heteroatoms.